The van der Waals surface area contributed by atoms with Gasteiger partial charge in [-0.2, -0.15) is 0 Å². The molecule has 1 saturated heterocycles. The normalized spacial score (nSPS) is 18.3. The summed E-state index contributed by atoms with van der Waals surface area (Å²) in [7, 11) is 3.89. The predicted molar refractivity (Wildman–Crippen MR) is 91.1 cm³/mol. The molecule has 1 aromatic heterocycles. The zero-order chi connectivity index (χ0) is 17.1. The summed E-state index contributed by atoms with van der Waals surface area (Å²) in [6, 6.07) is 9.71. The van der Waals surface area contributed by atoms with E-state index in [2.05, 4.69) is 15.2 Å². The van der Waals surface area contributed by atoms with E-state index in [0.29, 0.717) is 13.1 Å². The Labute approximate surface area is 141 Å². The van der Waals surface area contributed by atoms with Gasteiger partial charge in [-0.1, -0.05) is 18.2 Å². The van der Waals surface area contributed by atoms with E-state index in [0.717, 1.165) is 23.5 Å². The molecule has 1 amide bonds. The molecule has 0 bridgehead atoms. The molecule has 1 aromatic carbocycles. The third-order valence-electron chi connectivity index (χ3n) is 4.15. The van der Waals surface area contributed by atoms with Gasteiger partial charge in [0.05, 0.1) is 0 Å². The van der Waals surface area contributed by atoms with Crippen LogP contribution in [0.25, 0.3) is 0 Å². The van der Waals surface area contributed by atoms with Gasteiger partial charge in [0.1, 0.15) is 17.7 Å². The maximum atomic E-state index is 13.2. The van der Waals surface area contributed by atoms with Crippen molar-refractivity contribution in [2.75, 3.05) is 32.1 Å². The van der Waals surface area contributed by atoms with Crippen molar-refractivity contribution in [2.45, 2.75) is 12.6 Å². The highest BCUT2D eigenvalue weighted by atomic mass is 19.1. The monoisotopic (exact) mass is 328 g/mol. The van der Waals surface area contributed by atoms with Gasteiger partial charge < -0.3 is 10.2 Å². The number of hydrogen-bond acceptors (Lipinski definition) is 4. The van der Waals surface area contributed by atoms with E-state index in [1.165, 1.54) is 12.1 Å². The minimum atomic E-state index is -0.409. The molecule has 24 heavy (non-hydrogen) atoms. The van der Waals surface area contributed by atoms with Gasteiger partial charge in [-0.15, -0.1) is 0 Å². The van der Waals surface area contributed by atoms with Gasteiger partial charge in [0.25, 0.3) is 0 Å². The lowest BCUT2D eigenvalue weighted by Crippen LogP contribution is -2.49. The fourth-order valence-electron chi connectivity index (χ4n) is 2.90. The van der Waals surface area contributed by atoms with Crippen molar-refractivity contribution in [3.63, 3.8) is 0 Å². The molecule has 126 valence electrons. The SMILES string of the molecule is CN(C)c1ccc(CN2CCNC(=O)[C@@H]2c2ccc(F)cc2)cn1. The smallest absolute Gasteiger partial charge is 0.242 e. The number of carbonyl (C=O) groups is 1. The van der Waals surface area contributed by atoms with Crippen molar-refractivity contribution in [3.05, 3.63) is 59.5 Å². The van der Waals surface area contributed by atoms with Crippen LogP contribution in [-0.2, 0) is 11.3 Å². The number of carbonyl (C=O) groups excluding carboxylic acids is 1. The lowest BCUT2D eigenvalue weighted by molar-refractivity contribution is -0.129. The van der Waals surface area contributed by atoms with Crippen molar-refractivity contribution in [1.82, 2.24) is 15.2 Å². The predicted octanol–water partition coefficient (Wildman–Crippen LogP) is 1.96. The molecule has 0 unspecified atom stereocenters. The Morgan fingerprint density at radius 1 is 1.25 bits per heavy atom. The summed E-state index contributed by atoms with van der Waals surface area (Å²) in [5.41, 5.74) is 1.84. The van der Waals surface area contributed by atoms with Crippen LogP contribution in [-0.4, -0.2) is 43.0 Å². The first-order valence-corrected chi connectivity index (χ1v) is 7.94. The Morgan fingerprint density at radius 2 is 2.00 bits per heavy atom. The van der Waals surface area contributed by atoms with E-state index in [1.807, 2.05) is 37.3 Å². The zero-order valence-electron chi connectivity index (χ0n) is 13.9. The van der Waals surface area contributed by atoms with Gasteiger partial charge >= 0.3 is 0 Å². The molecule has 0 spiro atoms. The number of pyridine rings is 1. The summed E-state index contributed by atoms with van der Waals surface area (Å²) in [4.78, 5) is 20.8. The molecular weight excluding hydrogens is 307 g/mol. The van der Waals surface area contributed by atoms with Crippen molar-refractivity contribution < 1.29 is 9.18 Å². The van der Waals surface area contributed by atoms with Crippen molar-refractivity contribution >= 4 is 11.7 Å². The van der Waals surface area contributed by atoms with Gasteiger partial charge in [0.2, 0.25) is 5.91 Å². The van der Waals surface area contributed by atoms with Crippen molar-refractivity contribution in [1.29, 1.82) is 0 Å². The first-order valence-electron chi connectivity index (χ1n) is 7.94. The van der Waals surface area contributed by atoms with Crippen LogP contribution in [0.5, 0.6) is 0 Å². The summed E-state index contributed by atoms with van der Waals surface area (Å²) in [5.74, 6) is 0.543. The second-order valence-corrected chi connectivity index (χ2v) is 6.13. The molecule has 5 nitrogen and oxygen atoms in total. The average molecular weight is 328 g/mol. The minimum Gasteiger partial charge on any atom is -0.363 e. The molecule has 2 heterocycles. The highest BCUT2D eigenvalue weighted by Crippen LogP contribution is 2.25. The summed E-state index contributed by atoms with van der Waals surface area (Å²) in [5, 5.41) is 2.89. The van der Waals surface area contributed by atoms with Crippen molar-refractivity contribution in [3.8, 4) is 0 Å². The summed E-state index contributed by atoms with van der Waals surface area (Å²) < 4.78 is 13.2. The standard InChI is InChI=1S/C18H21FN4O/c1-22(2)16-8-3-13(11-21-16)12-23-10-9-20-18(24)17(23)14-4-6-15(19)7-5-14/h3-8,11,17H,9-10,12H2,1-2H3,(H,20,24)/t17-/m0/s1. The van der Waals surface area contributed by atoms with E-state index in [4.69, 9.17) is 0 Å². The Kier molecular flexibility index (Phi) is 4.76. The van der Waals surface area contributed by atoms with E-state index in [9.17, 15) is 9.18 Å². The largest absolute Gasteiger partial charge is 0.363 e. The highest BCUT2D eigenvalue weighted by molar-refractivity contribution is 5.83. The van der Waals surface area contributed by atoms with Gasteiger partial charge in [0.15, 0.2) is 0 Å². The molecule has 1 atom stereocenters. The van der Waals surface area contributed by atoms with E-state index < -0.39 is 6.04 Å². The number of aromatic nitrogens is 1. The lowest BCUT2D eigenvalue weighted by Gasteiger charge is -2.35. The molecule has 0 radical (unpaired) electrons. The van der Waals surface area contributed by atoms with E-state index in [1.54, 1.807) is 12.1 Å². The Morgan fingerprint density at radius 3 is 2.62 bits per heavy atom. The Balaban J connectivity index is 1.81. The van der Waals surface area contributed by atoms with Crippen LogP contribution in [0.1, 0.15) is 17.2 Å². The summed E-state index contributed by atoms with van der Waals surface area (Å²) >= 11 is 0. The molecular formula is C18H21FN4O. The van der Waals surface area contributed by atoms with Crippen LogP contribution >= 0.6 is 0 Å². The Hall–Kier alpha value is -2.47. The third kappa shape index (κ3) is 3.54. The number of nitrogens with zero attached hydrogens (tertiary/aromatic N) is 3. The fraction of sp³-hybridized carbons (Fsp3) is 0.333. The molecule has 1 aliphatic rings. The quantitative estimate of drug-likeness (QED) is 0.932. The number of hydrogen-bond donors (Lipinski definition) is 1. The zero-order valence-corrected chi connectivity index (χ0v) is 13.9. The first kappa shape index (κ1) is 16.4. The van der Waals surface area contributed by atoms with E-state index >= 15 is 0 Å². The van der Waals surface area contributed by atoms with Crippen LogP contribution < -0.4 is 10.2 Å². The molecule has 1 N–H and O–H groups in total. The first-order chi connectivity index (χ1) is 11.5. The number of piperazine rings is 1. The summed E-state index contributed by atoms with van der Waals surface area (Å²) in [6.45, 7) is 1.97. The third-order valence-corrected chi connectivity index (χ3v) is 4.15. The second-order valence-electron chi connectivity index (χ2n) is 6.13. The van der Waals surface area contributed by atoms with Crippen LogP contribution in [0.15, 0.2) is 42.6 Å². The maximum Gasteiger partial charge on any atom is 0.242 e. The van der Waals surface area contributed by atoms with E-state index in [-0.39, 0.29) is 11.7 Å². The molecule has 3 rings (SSSR count). The lowest BCUT2D eigenvalue weighted by atomic mass is 10.0. The molecule has 1 fully saturated rings. The summed E-state index contributed by atoms with van der Waals surface area (Å²) in [6.07, 6.45) is 1.84. The van der Waals surface area contributed by atoms with Gasteiger partial charge in [-0.05, 0) is 29.3 Å². The molecule has 6 heteroatoms. The van der Waals surface area contributed by atoms with Crippen molar-refractivity contribution in [2.24, 2.45) is 0 Å². The second kappa shape index (κ2) is 6.97. The fourth-order valence-corrected chi connectivity index (χ4v) is 2.90. The van der Waals surface area contributed by atoms with Crippen LogP contribution in [0.2, 0.25) is 0 Å². The molecule has 1 aliphatic heterocycles. The topological polar surface area (TPSA) is 48.5 Å². The molecule has 0 aliphatic carbocycles. The van der Waals surface area contributed by atoms with Crippen LogP contribution in [0.3, 0.4) is 0 Å². The van der Waals surface area contributed by atoms with Gasteiger partial charge in [-0.25, -0.2) is 9.37 Å². The number of halogens is 1. The van der Waals surface area contributed by atoms with Gasteiger partial charge in [0, 0.05) is 39.9 Å². The van der Waals surface area contributed by atoms with Gasteiger partial charge in [-0.3, -0.25) is 9.69 Å². The van der Waals surface area contributed by atoms with Crippen LogP contribution in [0.4, 0.5) is 10.2 Å². The number of amides is 1. The maximum absolute atomic E-state index is 13.2. The number of nitrogens with one attached hydrogen (secondary N) is 1. The average Bonchev–Trinajstić information content (AvgIpc) is 2.57. The minimum absolute atomic E-state index is 0.0503. The Bertz CT molecular complexity index is 700. The number of anilines is 1. The highest BCUT2D eigenvalue weighted by Gasteiger charge is 2.31. The molecule has 2 aromatic rings. The van der Waals surface area contributed by atoms with Crippen LogP contribution in [0, 0.1) is 5.82 Å². The number of benzene rings is 1. The molecule has 0 saturated carbocycles. The number of rotatable bonds is 4.